The van der Waals surface area contributed by atoms with E-state index in [0.717, 1.165) is 11.3 Å². The van der Waals surface area contributed by atoms with Crippen LogP contribution in [0.5, 0.6) is 5.75 Å². The molecular formula is C11H16O3. The van der Waals surface area contributed by atoms with E-state index >= 15 is 0 Å². The summed E-state index contributed by atoms with van der Waals surface area (Å²) in [6.07, 6.45) is 0. The third-order valence-electron chi connectivity index (χ3n) is 2.14. The third-order valence-corrected chi connectivity index (χ3v) is 2.14. The Balaban J connectivity index is 2.85. The van der Waals surface area contributed by atoms with Crippen molar-refractivity contribution in [1.29, 1.82) is 0 Å². The fraction of sp³-hybridized carbons (Fsp3) is 0.455. The highest BCUT2D eigenvalue weighted by Gasteiger charge is 2.22. The van der Waals surface area contributed by atoms with E-state index in [4.69, 9.17) is 9.47 Å². The molecule has 0 saturated heterocycles. The Hall–Kier alpha value is -1.06. The number of benzene rings is 1. The molecule has 0 amide bonds. The second-order valence-corrected chi connectivity index (χ2v) is 3.44. The first-order valence-electron chi connectivity index (χ1n) is 4.46. The van der Waals surface area contributed by atoms with Crippen molar-refractivity contribution in [3.05, 3.63) is 29.8 Å². The Morgan fingerprint density at radius 1 is 1.21 bits per heavy atom. The minimum Gasteiger partial charge on any atom is -0.497 e. The van der Waals surface area contributed by atoms with E-state index in [1.165, 1.54) is 0 Å². The van der Waals surface area contributed by atoms with Crippen molar-refractivity contribution < 1.29 is 14.6 Å². The highest BCUT2D eigenvalue weighted by Crippen LogP contribution is 2.22. The lowest BCUT2D eigenvalue weighted by atomic mass is 9.97. The number of methoxy groups -OCH3 is 2. The topological polar surface area (TPSA) is 38.7 Å². The van der Waals surface area contributed by atoms with Crippen molar-refractivity contribution in [1.82, 2.24) is 0 Å². The Kier molecular flexibility index (Phi) is 3.49. The molecule has 14 heavy (non-hydrogen) atoms. The summed E-state index contributed by atoms with van der Waals surface area (Å²) in [5.74, 6) is 0.780. The van der Waals surface area contributed by atoms with Gasteiger partial charge in [-0.1, -0.05) is 12.1 Å². The Morgan fingerprint density at radius 2 is 1.79 bits per heavy atom. The highest BCUT2D eigenvalue weighted by atomic mass is 16.5. The number of hydrogen-bond donors (Lipinski definition) is 1. The second-order valence-electron chi connectivity index (χ2n) is 3.44. The molecule has 0 aromatic heterocycles. The zero-order valence-electron chi connectivity index (χ0n) is 8.78. The van der Waals surface area contributed by atoms with Crippen LogP contribution in [0.15, 0.2) is 24.3 Å². The van der Waals surface area contributed by atoms with Crippen molar-refractivity contribution >= 4 is 0 Å². The van der Waals surface area contributed by atoms with E-state index < -0.39 is 5.60 Å². The van der Waals surface area contributed by atoms with Gasteiger partial charge in [0.1, 0.15) is 11.4 Å². The quantitative estimate of drug-likeness (QED) is 0.794. The van der Waals surface area contributed by atoms with E-state index in [-0.39, 0.29) is 6.61 Å². The minimum atomic E-state index is -0.943. The van der Waals surface area contributed by atoms with E-state index in [0.29, 0.717) is 0 Å². The van der Waals surface area contributed by atoms with Crippen molar-refractivity contribution in [3.63, 3.8) is 0 Å². The molecule has 3 heteroatoms. The van der Waals surface area contributed by atoms with Crippen LogP contribution < -0.4 is 4.74 Å². The van der Waals surface area contributed by atoms with Gasteiger partial charge in [-0.2, -0.15) is 0 Å². The third kappa shape index (κ3) is 2.47. The molecule has 78 valence electrons. The first-order chi connectivity index (χ1) is 6.60. The van der Waals surface area contributed by atoms with Crippen LogP contribution in [-0.2, 0) is 10.3 Å². The predicted octanol–water partition coefficient (Wildman–Crippen LogP) is 1.55. The summed E-state index contributed by atoms with van der Waals surface area (Å²) in [6, 6.07) is 7.30. The van der Waals surface area contributed by atoms with E-state index in [1.807, 2.05) is 24.3 Å². The summed E-state index contributed by atoms with van der Waals surface area (Å²) in [7, 11) is 3.18. The molecule has 0 bridgehead atoms. The number of hydrogen-bond acceptors (Lipinski definition) is 3. The van der Waals surface area contributed by atoms with Crippen LogP contribution in [0, 0.1) is 0 Å². The zero-order chi connectivity index (χ0) is 10.6. The van der Waals surface area contributed by atoms with Gasteiger partial charge in [0.15, 0.2) is 0 Å². The fourth-order valence-corrected chi connectivity index (χ4v) is 1.31. The van der Waals surface area contributed by atoms with Crippen molar-refractivity contribution in [3.8, 4) is 5.75 Å². The summed E-state index contributed by atoms with van der Waals surface area (Å²) in [5.41, 5.74) is -0.124. The van der Waals surface area contributed by atoms with Crippen LogP contribution in [0.2, 0.25) is 0 Å². The SMILES string of the molecule is COCC(C)(O)c1ccc(OC)cc1. The molecule has 1 rings (SSSR count). The lowest BCUT2D eigenvalue weighted by molar-refractivity contribution is -0.0208. The summed E-state index contributed by atoms with van der Waals surface area (Å²) < 4.78 is 9.97. The van der Waals surface area contributed by atoms with E-state index in [2.05, 4.69) is 0 Å². The van der Waals surface area contributed by atoms with Gasteiger partial charge in [0, 0.05) is 7.11 Å². The van der Waals surface area contributed by atoms with Gasteiger partial charge in [0.25, 0.3) is 0 Å². The first-order valence-corrected chi connectivity index (χ1v) is 4.46. The number of aliphatic hydroxyl groups is 1. The maximum atomic E-state index is 9.98. The molecule has 0 aliphatic rings. The summed E-state index contributed by atoms with van der Waals surface area (Å²) >= 11 is 0. The van der Waals surface area contributed by atoms with Gasteiger partial charge >= 0.3 is 0 Å². The standard InChI is InChI=1S/C11H16O3/c1-11(12,8-13-2)9-4-6-10(14-3)7-5-9/h4-7,12H,8H2,1-3H3. The molecule has 0 aliphatic heterocycles. The van der Waals surface area contributed by atoms with Crippen molar-refractivity contribution in [2.24, 2.45) is 0 Å². The van der Waals surface area contributed by atoms with Crippen LogP contribution in [0.25, 0.3) is 0 Å². The number of ether oxygens (including phenoxy) is 2. The average Bonchev–Trinajstić information content (AvgIpc) is 2.18. The van der Waals surface area contributed by atoms with Crippen LogP contribution in [0.3, 0.4) is 0 Å². The van der Waals surface area contributed by atoms with E-state index in [1.54, 1.807) is 21.1 Å². The molecule has 1 aromatic carbocycles. The highest BCUT2D eigenvalue weighted by molar-refractivity contribution is 5.30. The molecule has 0 fully saturated rings. The van der Waals surface area contributed by atoms with Crippen LogP contribution in [-0.4, -0.2) is 25.9 Å². The van der Waals surface area contributed by atoms with Gasteiger partial charge in [0.05, 0.1) is 13.7 Å². The molecule has 0 heterocycles. The summed E-state index contributed by atoms with van der Waals surface area (Å²) in [5, 5.41) is 9.98. The molecule has 0 radical (unpaired) electrons. The van der Waals surface area contributed by atoms with Crippen molar-refractivity contribution in [2.75, 3.05) is 20.8 Å². The monoisotopic (exact) mass is 196 g/mol. The zero-order valence-corrected chi connectivity index (χ0v) is 8.78. The van der Waals surface area contributed by atoms with Gasteiger partial charge < -0.3 is 14.6 Å². The summed E-state index contributed by atoms with van der Waals surface area (Å²) in [4.78, 5) is 0. The van der Waals surface area contributed by atoms with Crippen LogP contribution >= 0.6 is 0 Å². The average molecular weight is 196 g/mol. The van der Waals surface area contributed by atoms with Gasteiger partial charge in [-0.15, -0.1) is 0 Å². The van der Waals surface area contributed by atoms with Gasteiger partial charge in [-0.05, 0) is 24.6 Å². The molecule has 1 atom stereocenters. The van der Waals surface area contributed by atoms with Gasteiger partial charge in [0.2, 0.25) is 0 Å². The minimum absolute atomic E-state index is 0.277. The molecular weight excluding hydrogens is 180 g/mol. The fourth-order valence-electron chi connectivity index (χ4n) is 1.31. The van der Waals surface area contributed by atoms with Crippen LogP contribution in [0.4, 0.5) is 0 Å². The summed E-state index contributed by atoms with van der Waals surface area (Å²) in [6.45, 7) is 2.00. The lowest BCUT2D eigenvalue weighted by Gasteiger charge is -2.22. The van der Waals surface area contributed by atoms with Gasteiger partial charge in [-0.3, -0.25) is 0 Å². The Morgan fingerprint density at radius 3 is 2.21 bits per heavy atom. The van der Waals surface area contributed by atoms with Crippen molar-refractivity contribution in [2.45, 2.75) is 12.5 Å². The predicted molar refractivity (Wildman–Crippen MR) is 54.4 cm³/mol. The van der Waals surface area contributed by atoms with E-state index in [9.17, 15) is 5.11 Å². The maximum absolute atomic E-state index is 9.98. The Labute approximate surface area is 84.3 Å². The molecule has 3 nitrogen and oxygen atoms in total. The maximum Gasteiger partial charge on any atom is 0.118 e. The molecule has 0 aliphatic carbocycles. The Bertz CT molecular complexity index is 277. The largest absolute Gasteiger partial charge is 0.497 e. The first kappa shape index (κ1) is 11.0. The molecule has 1 unspecified atom stereocenters. The van der Waals surface area contributed by atoms with Crippen LogP contribution in [0.1, 0.15) is 12.5 Å². The molecule has 0 saturated carbocycles. The smallest absolute Gasteiger partial charge is 0.118 e. The molecule has 0 spiro atoms. The number of rotatable bonds is 4. The normalized spacial score (nSPS) is 14.9. The second kappa shape index (κ2) is 4.44. The van der Waals surface area contributed by atoms with Gasteiger partial charge in [-0.25, -0.2) is 0 Å². The molecule has 1 N–H and O–H groups in total. The molecule has 1 aromatic rings. The lowest BCUT2D eigenvalue weighted by Crippen LogP contribution is -2.26.